The van der Waals surface area contributed by atoms with Crippen LogP contribution in [0.2, 0.25) is 0 Å². The molecule has 0 aliphatic carbocycles. The molecule has 0 fully saturated rings. The van der Waals surface area contributed by atoms with Crippen LogP contribution in [0.15, 0.2) is 48.5 Å². The highest BCUT2D eigenvalue weighted by Crippen LogP contribution is 2.16. The maximum absolute atomic E-state index is 12.3. The Morgan fingerprint density at radius 1 is 0.903 bits per heavy atom. The summed E-state index contributed by atoms with van der Waals surface area (Å²) in [5.74, 6) is -0.336. The molecule has 0 saturated heterocycles. The van der Waals surface area contributed by atoms with E-state index in [0.717, 1.165) is 11.1 Å². The Kier molecular flexibility index (Phi) is 8.87. The van der Waals surface area contributed by atoms with Crippen LogP contribution in [-0.4, -0.2) is 37.2 Å². The van der Waals surface area contributed by atoms with Crippen LogP contribution in [0, 0.1) is 0 Å². The molecule has 0 radical (unpaired) electrons. The second-order valence-corrected chi connectivity index (χ2v) is 7.26. The minimum atomic E-state index is -0.955. The number of esters is 1. The van der Waals surface area contributed by atoms with Crippen molar-refractivity contribution in [1.82, 2.24) is 16.0 Å². The molecule has 8 heteroatoms. The lowest BCUT2D eigenvalue weighted by Gasteiger charge is -2.15. The Labute approximate surface area is 182 Å². The van der Waals surface area contributed by atoms with Gasteiger partial charge < -0.3 is 25.4 Å². The van der Waals surface area contributed by atoms with E-state index >= 15 is 0 Å². The van der Waals surface area contributed by atoms with E-state index in [4.69, 9.17) is 9.47 Å². The lowest BCUT2D eigenvalue weighted by atomic mass is 10.1. The van der Waals surface area contributed by atoms with Crippen LogP contribution in [0.5, 0.6) is 5.75 Å². The molecular weight excluding hydrogens is 398 g/mol. The molecule has 2 rings (SSSR count). The van der Waals surface area contributed by atoms with Crippen LogP contribution >= 0.6 is 0 Å². The number of methoxy groups -OCH3 is 1. The van der Waals surface area contributed by atoms with Gasteiger partial charge in [0.05, 0.1) is 12.7 Å². The quantitative estimate of drug-likeness (QED) is 0.534. The van der Waals surface area contributed by atoms with Gasteiger partial charge in [-0.15, -0.1) is 0 Å². The van der Waals surface area contributed by atoms with Crippen molar-refractivity contribution < 1.29 is 23.9 Å². The van der Waals surface area contributed by atoms with E-state index in [-0.39, 0.29) is 18.6 Å². The molecule has 0 aliphatic rings. The largest absolute Gasteiger partial charge is 0.496 e. The number of para-hydroxylation sites is 1. The summed E-state index contributed by atoms with van der Waals surface area (Å²) in [6, 6.07) is 13.8. The Bertz CT molecular complexity index is 896. The first-order chi connectivity index (χ1) is 14.8. The van der Waals surface area contributed by atoms with E-state index in [1.54, 1.807) is 37.4 Å². The SMILES string of the molecule is COc1ccccc1CNC(=O)[C@@H](C)OC(=O)c1ccc(CNC(=O)NC(C)C)cc1. The van der Waals surface area contributed by atoms with Crippen LogP contribution in [-0.2, 0) is 22.6 Å². The van der Waals surface area contributed by atoms with E-state index in [2.05, 4.69) is 16.0 Å². The van der Waals surface area contributed by atoms with Crippen LogP contribution in [0.1, 0.15) is 42.3 Å². The van der Waals surface area contributed by atoms with Gasteiger partial charge in [0.1, 0.15) is 5.75 Å². The molecule has 31 heavy (non-hydrogen) atoms. The van der Waals surface area contributed by atoms with Crippen molar-refractivity contribution >= 4 is 17.9 Å². The first kappa shape index (κ1) is 23.7. The van der Waals surface area contributed by atoms with Crippen LogP contribution < -0.4 is 20.7 Å². The number of rotatable bonds is 9. The number of ether oxygens (including phenoxy) is 2. The summed E-state index contributed by atoms with van der Waals surface area (Å²) in [6.07, 6.45) is -0.955. The zero-order valence-corrected chi connectivity index (χ0v) is 18.2. The van der Waals surface area contributed by atoms with Crippen molar-refractivity contribution in [2.75, 3.05) is 7.11 Å². The zero-order valence-electron chi connectivity index (χ0n) is 18.2. The zero-order chi connectivity index (χ0) is 22.8. The molecule has 3 amide bonds. The summed E-state index contributed by atoms with van der Waals surface area (Å²) in [6.45, 7) is 5.85. The van der Waals surface area contributed by atoms with Crippen LogP contribution in [0.25, 0.3) is 0 Å². The van der Waals surface area contributed by atoms with Crippen molar-refractivity contribution in [2.24, 2.45) is 0 Å². The van der Waals surface area contributed by atoms with Gasteiger partial charge in [0.25, 0.3) is 5.91 Å². The van der Waals surface area contributed by atoms with E-state index in [9.17, 15) is 14.4 Å². The maximum atomic E-state index is 12.3. The van der Waals surface area contributed by atoms with Gasteiger partial charge in [-0.2, -0.15) is 0 Å². The Morgan fingerprint density at radius 3 is 2.23 bits per heavy atom. The standard InChI is InChI=1S/C23H29N3O5/c1-15(2)26-23(29)25-13-17-9-11-18(12-10-17)22(28)31-16(3)21(27)24-14-19-7-5-6-8-20(19)30-4/h5-12,15-16H,13-14H2,1-4H3,(H,24,27)(H2,25,26,29)/t16-/m1/s1. The lowest BCUT2D eigenvalue weighted by Crippen LogP contribution is -2.39. The number of nitrogens with one attached hydrogen (secondary N) is 3. The van der Waals surface area contributed by atoms with E-state index in [1.165, 1.54) is 6.92 Å². The Morgan fingerprint density at radius 2 is 1.58 bits per heavy atom. The topological polar surface area (TPSA) is 106 Å². The first-order valence-electron chi connectivity index (χ1n) is 10.0. The van der Waals surface area contributed by atoms with Crippen molar-refractivity contribution in [2.45, 2.75) is 46.0 Å². The van der Waals surface area contributed by atoms with E-state index in [1.807, 2.05) is 32.0 Å². The number of hydrogen-bond acceptors (Lipinski definition) is 5. The van der Waals surface area contributed by atoms with Crippen molar-refractivity contribution in [3.63, 3.8) is 0 Å². The summed E-state index contributed by atoms with van der Waals surface area (Å²) >= 11 is 0. The van der Waals surface area contributed by atoms with Crippen LogP contribution in [0.4, 0.5) is 4.79 Å². The maximum Gasteiger partial charge on any atom is 0.338 e. The fourth-order valence-corrected chi connectivity index (χ4v) is 2.71. The van der Waals surface area contributed by atoms with Crippen LogP contribution in [0.3, 0.4) is 0 Å². The minimum Gasteiger partial charge on any atom is -0.496 e. The lowest BCUT2D eigenvalue weighted by molar-refractivity contribution is -0.129. The van der Waals surface area contributed by atoms with Gasteiger partial charge in [-0.1, -0.05) is 30.3 Å². The molecule has 0 aromatic heterocycles. The van der Waals surface area contributed by atoms with Gasteiger partial charge in [0, 0.05) is 24.7 Å². The van der Waals surface area contributed by atoms with Gasteiger partial charge >= 0.3 is 12.0 Å². The van der Waals surface area contributed by atoms with Gasteiger partial charge in [0.2, 0.25) is 0 Å². The third-order valence-electron chi connectivity index (χ3n) is 4.36. The number of carbonyl (C=O) groups excluding carboxylic acids is 3. The molecule has 2 aromatic carbocycles. The molecule has 1 atom stereocenters. The third-order valence-corrected chi connectivity index (χ3v) is 4.36. The fourth-order valence-electron chi connectivity index (χ4n) is 2.71. The molecule has 0 spiro atoms. The Balaban J connectivity index is 1.83. The first-order valence-corrected chi connectivity index (χ1v) is 10.0. The van der Waals surface area contributed by atoms with Gasteiger partial charge in [0.15, 0.2) is 6.10 Å². The normalized spacial score (nSPS) is 11.4. The molecule has 0 heterocycles. The molecule has 0 bridgehead atoms. The number of carbonyl (C=O) groups is 3. The number of urea groups is 1. The molecule has 0 aliphatic heterocycles. The van der Waals surface area contributed by atoms with Crippen molar-refractivity contribution in [3.8, 4) is 5.75 Å². The molecule has 0 saturated carbocycles. The summed E-state index contributed by atoms with van der Waals surface area (Å²) in [5, 5.41) is 8.20. The van der Waals surface area contributed by atoms with Gasteiger partial charge in [-0.25, -0.2) is 9.59 Å². The second-order valence-electron chi connectivity index (χ2n) is 7.26. The molecule has 3 N–H and O–H groups in total. The predicted molar refractivity (Wildman–Crippen MR) is 117 cm³/mol. The summed E-state index contributed by atoms with van der Waals surface area (Å²) < 4.78 is 10.5. The molecule has 166 valence electrons. The fraction of sp³-hybridized carbons (Fsp3) is 0.348. The Hall–Kier alpha value is -3.55. The van der Waals surface area contributed by atoms with Crippen molar-refractivity contribution in [3.05, 3.63) is 65.2 Å². The predicted octanol–water partition coefficient (Wildman–Crippen LogP) is 2.76. The van der Waals surface area contributed by atoms with E-state index in [0.29, 0.717) is 17.9 Å². The minimum absolute atomic E-state index is 0.0473. The molecule has 8 nitrogen and oxygen atoms in total. The number of benzene rings is 2. The van der Waals surface area contributed by atoms with Gasteiger partial charge in [-0.05, 0) is 44.5 Å². The van der Waals surface area contributed by atoms with Gasteiger partial charge in [-0.3, -0.25) is 4.79 Å². The number of hydrogen-bond donors (Lipinski definition) is 3. The smallest absolute Gasteiger partial charge is 0.338 e. The highest BCUT2D eigenvalue weighted by molar-refractivity contribution is 5.92. The summed E-state index contributed by atoms with van der Waals surface area (Å²) in [4.78, 5) is 36.2. The monoisotopic (exact) mass is 427 g/mol. The molecule has 0 unspecified atom stereocenters. The highest BCUT2D eigenvalue weighted by Gasteiger charge is 2.19. The second kappa shape index (κ2) is 11.6. The molecular formula is C23H29N3O5. The number of amides is 3. The highest BCUT2D eigenvalue weighted by atomic mass is 16.5. The van der Waals surface area contributed by atoms with Crippen molar-refractivity contribution in [1.29, 1.82) is 0 Å². The summed E-state index contributed by atoms with van der Waals surface area (Å²) in [7, 11) is 1.56. The average molecular weight is 428 g/mol. The van der Waals surface area contributed by atoms with E-state index < -0.39 is 18.0 Å². The third kappa shape index (κ3) is 7.65. The average Bonchev–Trinajstić information content (AvgIpc) is 2.76. The summed E-state index contributed by atoms with van der Waals surface area (Å²) in [5.41, 5.74) is 1.97. The molecule has 2 aromatic rings.